The molecule has 2 aromatic carbocycles. The molecule has 0 radical (unpaired) electrons. The van der Waals surface area contributed by atoms with E-state index >= 15 is 0 Å². The number of hydrogen-bond donors (Lipinski definition) is 1. The van der Waals surface area contributed by atoms with E-state index in [-0.39, 0.29) is 0 Å². The summed E-state index contributed by atoms with van der Waals surface area (Å²) in [4.78, 5) is 0. The molecule has 1 heterocycles. The number of nitrogen functional groups attached to an aromatic ring is 1. The first-order valence-electron chi connectivity index (χ1n) is 5.21. The van der Waals surface area contributed by atoms with Gasteiger partial charge in [-0.05, 0) is 29.4 Å². The van der Waals surface area contributed by atoms with E-state index < -0.39 is 0 Å². The molecule has 0 spiro atoms. The summed E-state index contributed by atoms with van der Waals surface area (Å²) in [5, 5.41) is 4.72. The summed E-state index contributed by atoms with van der Waals surface area (Å²) < 4.78 is 10.8. The van der Waals surface area contributed by atoms with Gasteiger partial charge in [0, 0.05) is 11.8 Å². The highest BCUT2D eigenvalue weighted by atomic mass is 16.5. The molecule has 0 amide bonds. The largest absolute Gasteiger partial charge is 0.436 e. The van der Waals surface area contributed by atoms with Gasteiger partial charge in [-0.2, -0.15) is 0 Å². The minimum atomic E-state index is 0.450. The summed E-state index contributed by atoms with van der Waals surface area (Å²) in [5.41, 5.74) is 7.03. The van der Waals surface area contributed by atoms with Crippen molar-refractivity contribution in [3.63, 3.8) is 0 Å². The van der Waals surface area contributed by atoms with Crippen LogP contribution in [0.4, 0.5) is 5.69 Å². The van der Waals surface area contributed by atoms with E-state index in [0.29, 0.717) is 22.9 Å². The van der Waals surface area contributed by atoms with E-state index in [0.717, 1.165) is 5.39 Å². The summed E-state index contributed by atoms with van der Waals surface area (Å²) in [5.74, 6) is 1.09. The third-order valence-corrected chi connectivity index (χ3v) is 2.42. The van der Waals surface area contributed by atoms with Gasteiger partial charge >= 0.3 is 0 Å². The van der Waals surface area contributed by atoms with Gasteiger partial charge in [-0.15, -0.1) is 0 Å². The lowest BCUT2D eigenvalue weighted by atomic mass is 10.2. The molecule has 0 fully saturated rings. The second-order valence-corrected chi connectivity index (χ2v) is 3.66. The van der Waals surface area contributed by atoms with Gasteiger partial charge in [-0.25, -0.2) is 0 Å². The highest BCUT2D eigenvalue weighted by Crippen LogP contribution is 2.29. The van der Waals surface area contributed by atoms with Gasteiger partial charge in [0.1, 0.15) is 5.75 Å². The zero-order valence-corrected chi connectivity index (χ0v) is 8.96. The average molecular weight is 226 g/mol. The maximum atomic E-state index is 5.68. The van der Waals surface area contributed by atoms with Crippen molar-refractivity contribution in [3.05, 3.63) is 48.5 Å². The molecule has 2 N–H and O–H groups in total. The van der Waals surface area contributed by atoms with E-state index in [2.05, 4.69) is 5.16 Å². The number of hydrogen-bond acceptors (Lipinski definition) is 4. The zero-order chi connectivity index (χ0) is 11.7. The van der Waals surface area contributed by atoms with Crippen molar-refractivity contribution < 1.29 is 9.26 Å². The zero-order valence-electron chi connectivity index (χ0n) is 8.96. The lowest BCUT2D eigenvalue weighted by Crippen LogP contribution is -1.87. The van der Waals surface area contributed by atoms with Crippen LogP contribution < -0.4 is 10.5 Å². The van der Waals surface area contributed by atoms with Gasteiger partial charge in [-0.1, -0.05) is 18.2 Å². The lowest BCUT2D eigenvalue weighted by molar-refractivity contribution is 0.384. The smallest absolute Gasteiger partial charge is 0.267 e. The van der Waals surface area contributed by atoms with Crippen molar-refractivity contribution in [1.82, 2.24) is 5.16 Å². The summed E-state index contributed by atoms with van der Waals surface area (Å²) in [6.07, 6.45) is 0. The highest BCUT2D eigenvalue weighted by molar-refractivity contribution is 5.82. The standard InChI is InChI=1S/C13H10N2O2/c14-9-4-3-5-10(8-9)16-13-11-6-1-2-7-12(11)17-15-13/h1-8H,14H2. The molecular formula is C13H10N2O2. The van der Waals surface area contributed by atoms with E-state index in [1.165, 1.54) is 0 Å². The first kappa shape index (κ1) is 9.72. The number of aromatic nitrogens is 1. The molecule has 1 aromatic heterocycles. The van der Waals surface area contributed by atoms with Gasteiger partial charge in [0.15, 0.2) is 5.58 Å². The number of nitrogens with two attached hydrogens (primary N) is 1. The molecule has 0 aliphatic rings. The average Bonchev–Trinajstić information content (AvgIpc) is 2.73. The fourth-order valence-corrected chi connectivity index (χ4v) is 1.63. The van der Waals surface area contributed by atoms with Crippen LogP contribution in [0.25, 0.3) is 11.0 Å². The Balaban J connectivity index is 2.00. The van der Waals surface area contributed by atoms with Crippen molar-refractivity contribution in [2.24, 2.45) is 0 Å². The molecule has 0 saturated heterocycles. The molecule has 84 valence electrons. The highest BCUT2D eigenvalue weighted by Gasteiger charge is 2.09. The molecule has 0 unspecified atom stereocenters. The number of para-hydroxylation sites is 1. The number of nitrogens with zero attached hydrogens (tertiary/aromatic N) is 1. The van der Waals surface area contributed by atoms with Crippen molar-refractivity contribution in [1.29, 1.82) is 0 Å². The molecule has 0 aliphatic carbocycles. The number of ether oxygens (including phenoxy) is 1. The predicted molar refractivity (Wildman–Crippen MR) is 64.9 cm³/mol. The fourth-order valence-electron chi connectivity index (χ4n) is 1.63. The van der Waals surface area contributed by atoms with Crippen molar-refractivity contribution in [2.75, 3.05) is 5.73 Å². The summed E-state index contributed by atoms with van der Waals surface area (Å²) >= 11 is 0. The van der Waals surface area contributed by atoms with E-state index in [1.54, 1.807) is 12.1 Å². The topological polar surface area (TPSA) is 61.3 Å². The molecule has 3 rings (SSSR count). The Hall–Kier alpha value is -2.49. The second-order valence-electron chi connectivity index (χ2n) is 3.66. The molecule has 3 aromatic rings. The SMILES string of the molecule is Nc1cccc(Oc2noc3ccccc23)c1. The van der Waals surface area contributed by atoms with Gasteiger partial charge in [0.2, 0.25) is 0 Å². The molecule has 4 heteroatoms. The van der Waals surface area contributed by atoms with Crippen LogP contribution in [0.3, 0.4) is 0 Å². The fraction of sp³-hybridized carbons (Fsp3) is 0. The Bertz CT molecular complexity index is 661. The van der Waals surface area contributed by atoms with E-state index in [9.17, 15) is 0 Å². The quantitative estimate of drug-likeness (QED) is 0.681. The second kappa shape index (κ2) is 3.83. The van der Waals surface area contributed by atoms with Gasteiger partial charge in [0.25, 0.3) is 5.88 Å². The molecule has 0 bridgehead atoms. The predicted octanol–water partition coefficient (Wildman–Crippen LogP) is 3.20. The molecule has 4 nitrogen and oxygen atoms in total. The third-order valence-electron chi connectivity index (χ3n) is 2.42. The molecule has 0 saturated carbocycles. The number of rotatable bonds is 2. The number of fused-ring (bicyclic) bond motifs is 1. The first-order valence-corrected chi connectivity index (χ1v) is 5.21. The van der Waals surface area contributed by atoms with Gasteiger partial charge < -0.3 is 15.0 Å². The third kappa shape index (κ3) is 1.80. The van der Waals surface area contributed by atoms with Crippen LogP contribution in [0.2, 0.25) is 0 Å². The van der Waals surface area contributed by atoms with Gasteiger partial charge in [-0.3, -0.25) is 0 Å². The normalized spacial score (nSPS) is 10.6. The van der Waals surface area contributed by atoms with Crippen LogP contribution in [0.1, 0.15) is 0 Å². The molecule has 17 heavy (non-hydrogen) atoms. The Morgan fingerprint density at radius 2 is 1.94 bits per heavy atom. The minimum Gasteiger partial charge on any atom is -0.436 e. The van der Waals surface area contributed by atoms with Gasteiger partial charge in [0.05, 0.1) is 5.39 Å². The summed E-state index contributed by atoms with van der Waals surface area (Å²) in [7, 11) is 0. The Morgan fingerprint density at radius 3 is 2.82 bits per heavy atom. The Kier molecular flexibility index (Phi) is 2.19. The molecular weight excluding hydrogens is 216 g/mol. The monoisotopic (exact) mass is 226 g/mol. The number of benzene rings is 2. The van der Waals surface area contributed by atoms with Crippen LogP contribution in [-0.2, 0) is 0 Å². The number of anilines is 1. The lowest BCUT2D eigenvalue weighted by Gasteiger charge is -2.02. The summed E-state index contributed by atoms with van der Waals surface area (Å²) in [6, 6.07) is 14.7. The van der Waals surface area contributed by atoms with Crippen molar-refractivity contribution in [3.8, 4) is 11.6 Å². The molecule has 0 aliphatic heterocycles. The van der Waals surface area contributed by atoms with Crippen molar-refractivity contribution in [2.45, 2.75) is 0 Å². The first-order chi connectivity index (χ1) is 8.33. The maximum absolute atomic E-state index is 5.68. The minimum absolute atomic E-state index is 0.450. The van der Waals surface area contributed by atoms with Crippen LogP contribution in [0.5, 0.6) is 11.6 Å². The van der Waals surface area contributed by atoms with Crippen LogP contribution >= 0.6 is 0 Å². The van der Waals surface area contributed by atoms with Crippen LogP contribution in [0, 0.1) is 0 Å². The summed E-state index contributed by atoms with van der Waals surface area (Å²) in [6.45, 7) is 0. The van der Waals surface area contributed by atoms with Crippen LogP contribution in [-0.4, -0.2) is 5.16 Å². The Morgan fingerprint density at radius 1 is 1.06 bits per heavy atom. The Labute approximate surface area is 97.6 Å². The van der Waals surface area contributed by atoms with Crippen LogP contribution in [0.15, 0.2) is 53.1 Å². The maximum Gasteiger partial charge on any atom is 0.267 e. The van der Waals surface area contributed by atoms with E-state index in [4.69, 9.17) is 15.0 Å². The van der Waals surface area contributed by atoms with E-state index in [1.807, 2.05) is 36.4 Å². The van der Waals surface area contributed by atoms with Crippen molar-refractivity contribution >= 4 is 16.7 Å². The molecule has 0 atom stereocenters.